The minimum Gasteiger partial charge on any atom is -0.322 e. The van der Waals surface area contributed by atoms with Gasteiger partial charge in [-0.3, -0.25) is 9.78 Å². The van der Waals surface area contributed by atoms with Crippen molar-refractivity contribution < 1.29 is 4.79 Å². The smallest absolute Gasteiger partial charge is 0.227 e. The molecule has 0 spiro atoms. The Labute approximate surface area is 109 Å². The van der Waals surface area contributed by atoms with E-state index in [1.165, 1.54) is 0 Å². The number of carbonyl (C=O) groups excluding carboxylic acids is 1. The summed E-state index contributed by atoms with van der Waals surface area (Å²) in [7, 11) is 0. The number of hydrogen-bond acceptors (Lipinski definition) is 3. The van der Waals surface area contributed by atoms with Crippen LogP contribution < -0.4 is 5.32 Å². The maximum Gasteiger partial charge on any atom is 0.227 e. The molecule has 1 aliphatic carbocycles. The average Bonchev–Trinajstić information content (AvgIpc) is 3.17. The fraction of sp³-hybridized carbons (Fsp3) is 0.250. The molecule has 1 fully saturated rings. The van der Waals surface area contributed by atoms with E-state index in [-0.39, 0.29) is 17.0 Å². The van der Waals surface area contributed by atoms with Gasteiger partial charge in [0.15, 0.2) is 5.15 Å². The SMILES string of the molecule is O=C(Nc1cn(-c2cccnc2)nc1Cl)C1CC1. The predicted molar refractivity (Wildman–Crippen MR) is 67.7 cm³/mol. The number of amides is 1. The summed E-state index contributed by atoms with van der Waals surface area (Å²) in [5.74, 6) is 0.158. The monoisotopic (exact) mass is 262 g/mol. The number of halogens is 1. The standard InChI is InChI=1S/C12H11ClN4O/c13-11-10(15-12(18)8-3-4-8)7-17(16-11)9-2-1-5-14-6-9/h1-2,5-8H,3-4H2,(H,15,18). The molecule has 6 heteroatoms. The van der Waals surface area contributed by atoms with Crippen LogP contribution in [0.5, 0.6) is 0 Å². The Morgan fingerprint density at radius 1 is 1.50 bits per heavy atom. The molecule has 0 saturated heterocycles. The highest BCUT2D eigenvalue weighted by Crippen LogP contribution is 2.31. The van der Waals surface area contributed by atoms with Gasteiger partial charge in [-0.2, -0.15) is 5.10 Å². The van der Waals surface area contributed by atoms with Crippen LogP contribution in [0.1, 0.15) is 12.8 Å². The number of pyridine rings is 1. The third kappa shape index (κ3) is 2.22. The van der Waals surface area contributed by atoms with E-state index < -0.39 is 0 Å². The van der Waals surface area contributed by atoms with Crippen LogP contribution >= 0.6 is 11.6 Å². The maximum absolute atomic E-state index is 11.7. The second-order valence-corrected chi connectivity index (χ2v) is 4.61. The highest BCUT2D eigenvalue weighted by atomic mass is 35.5. The van der Waals surface area contributed by atoms with Gasteiger partial charge in [0, 0.05) is 12.1 Å². The minimum atomic E-state index is 0.0163. The van der Waals surface area contributed by atoms with Crippen molar-refractivity contribution in [2.75, 3.05) is 5.32 Å². The Bertz CT molecular complexity index is 577. The van der Waals surface area contributed by atoms with Crippen LogP contribution in [0.15, 0.2) is 30.7 Å². The van der Waals surface area contributed by atoms with Crippen molar-refractivity contribution in [3.05, 3.63) is 35.9 Å². The molecule has 0 unspecified atom stereocenters. The molecule has 0 radical (unpaired) electrons. The van der Waals surface area contributed by atoms with E-state index >= 15 is 0 Å². The summed E-state index contributed by atoms with van der Waals surface area (Å²) >= 11 is 6.00. The van der Waals surface area contributed by atoms with E-state index in [1.54, 1.807) is 23.3 Å². The highest BCUT2D eigenvalue weighted by Gasteiger charge is 2.30. The number of nitrogens with zero attached hydrogens (tertiary/aromatic N) is 3. The summed E-state index contributed by atoms with van der Waals surface area (Å²) in [6.45, 7) is 0. The van der Waals surface area contributed by atoms with Crippen LogP contribution in [-0.4, -0.2) is 20.7 Å². The molecular weight excluding hydrogens is 252 g/mol. The number of aromatic nitrogens is 3. The van der Waals surface area contributed by atoms with Crippen molar-refractivity contribution in [1.29, 1.82) is 0 Å². The highest BCUT2D eigenvalue weighted by molar-refractivity contribution is 6.32. The third-order valence-corrected chi connectivity index (χ3v) is 3.06. The van der Waals surface area contributed by atoms with Gasteiger partial charge in [-0.25, -0.2) is 4.68 Å². The maximum atomic E-state index is 11.7. The molecule has 0 atom stereocenters. The zero-order valence-electron chi connectivity index (χ0n) is 9.51. The lowest BCUT2D eigenvalue weighted by atomic mass is 10.4. The van der Waals surface area contributed by atoms with Gasteiger partial charge < -0.3 is 5.32 Å². The van der Waals surface area contributed by atoms with E-state index in [0.29, 0.717) is 5.69 Å². The lowest BCUT2D eigenvalue weighted by Gasteiger charge is -2.00. The van der Waals surface area contributed by atoms with Gasteiger partial charge in [0.25, 0.3) is 0 Å². The fourth-order valence-electron chi connectivity index (χ4n) is 1.64. The number of anilines is 1. The number of carbonyl (C=O) groups is 1. The molecule has 2 heterocycles. The normalized spacial score (nSPS) is 14.5. The Balaban J connectivity index is 1.84. The Morgan fingerprint density at radius 2 is 2.33 bits per heavy atom. The van der Waals surface area contributed by atoms with E-state index in [4.69, 9.17) is 11.6 Å². The second kappa shape index (κ2) is 4.42. The molecule has 0 bridgehead atoms. The first-order chi connectivity index (χ1) is 8.74. The Morgan fingerprint density at radius 3 is 3.00 bits per heavy atom. The second-order valence-electron chi connectivity index (χ2n) is 4.25. The molecule has 3 rings (SSSR count). The molecule has 1 amide bonds. The van der Waals surface area contributed by atoms with Gasteiger partial charge in [-0.15, -0.1) is 0 Å². The van der Waals surface area contributed by atoms with Crippen LogP contribution in [0, 0.1) is 5.92 Å². The molecule has 18 heavy (non-hydrogen) atoms. The topological polar surface area (TPSA) is 59.8 Å². The molecule has 1 aliphatic rings. The summed E-state index contributed by atoms with van der Waals surface area (Å²) < 4.78 is 1.60. The first kappa shape index (κ1) is 11.2. The van der Waals surface area contributed by atoms with Gasteiger partial charge in [-0.1, -0.05) is 11.6 Å². The van der Waals surface area contributed by atoms with Crippen molar-refractivity contribution >= 4 is 23.2 Å². The quantitative estimate of drug-likeness (QED) is 0.923. The molecule has 5 nitrogen and oxygen atoms in total. The average molecular weight is 263 g/mol. The lowest BCUT2D eigenvalue weighted by molar-refractivity contribution is -0.117. The van der Waals surface area contributed by atoms with Crippen molar-refractivity contribution in [3.63, 3.8) is 0 Å². The van der Waals surface area contributed by atoms with Crippen LogP contribution in [-0.2, 0) is 4.79 Å². The van der Waals surface area contributed by atoms with Gasteiger partial charge in [0.1, 0.15) is 0 Å². The molecule has 2 aromatic rings. The molecule has 1 saturated carbocycles. The van der Waals surface area contributed by atoms with Crippen LogP contribution in [0.25, 0.3) is 5.69 Å². The van der Waals surface area contributed by atoms with Crippen molar-refractivity contribution in [1.82, 2.24) is 14.8 Å². The molecule has 1 N–H and O–H groups in total. The lowest BCUT2D eigenvalue weighted by Crippen LogP contribution is -2.12. The van der Waals surface area contributed by atoms with Crippen LogP contribution in [0.4, 0.5) is 5.69 Å². The number of nitrogens with one attached hydrogen (secondary N) is 1. The molecule has 92 valence electrons. The van der Waals surface area contributed by atoms with Gasteiger partial charge >= 0.3 is 0 Å². The number of rotatable bonds is 3. The minimum absolute atomic E-state index is 0.0163. The van der Waals surface area contributed by atoms with E-state index in [2.05, 4.69) is 15.4 Å². The zero-order chi connectivity index (χ0) is 12.5. The molecule has 0 aromatic carbocycles. The molecule has 0 aliphatic heterocycles. The van der Waals surface area contributed by atoms with Gasteiger partial charge in [0.2, 0.25) is 5.91 Å². The van der Waals surface area contributed by atoms with E-state index in [0.717, 1.165) is 18.5 Å². The fourth-order valence-corrected chi connectivity index (χ4v) is 1.82. The summed E-state index contributed by atoms with van der Waals surface area (Å²) in [6, 6.07) is 3.68. The predicted octanol–water partition coefficient (Wildman–Crippen LogP) is 2.27. The first-order valence-electron chi connectivity index (χ1n) is 5.70. The summed E-state index contributed by atoms with van der Waals surface area (Å²) in [4.78, 5) is 15.7. The van der Waals surface area contributed by atoms with E-state index in [1.807, 2.05) is 12.1 Å². The summed E-state index contributed by atoms with van der Waals surface area (Å²) in [6.07, 6.45) is 6.97. The van der Waals surface area contributed by atoms with Crippen LogP contribution in [0.2, 0.25) is 5.15 Å². The van der Waals surface area contributed by atoms with Gasteiger partial charge in [-0.05, 0) is 25.0 Å². The summed E-state index contributed by atoms with van der Waals surface area (Å²) in [5, 5.41) is 7.21. The Hall–Kier alpha value is -1.88. The number of hydrogen-bond donors (Lipinski definition) is 1. The van der Waals surface area contributed by atoms with Crippen molar-refractivity contribution in [3.8, 4) is 5.69 Å². The van der Waals surface area contributed by atoms with Gasteiger partial charge in [0.05, 0.1) is 23.8 Å². The Kier molecular flexibility index (Phi) is 2.76. The summed E-state index contributed by atoms with van der Waals surface area (Å²) in [5.41, 5.74) is 1.34. The van der Waals surface area contributed by atoms with Crippen LogP contribution in [0.3, 0.4) is 0 Å². The largest absolute Gasteiger partial charge is 0.322 e. The van der Waals surface area contributed by atoms with E-state index in [9.17, 15) is 4.79 Å². The first-order valence-corrected chi connectivity index (χ1v) is 6.08. The van der Waals surface area contributed by atoms with Crippen molar-refractivity contribution in [2.24, 2.45) is 5.92 Å². The molecular formula is C12H11ClN4O. The van der Waals surface area contributed by atoms with Crippen molar-refractivity contribution in [2.45, 2.75) is 12.8 Å². The molecule has 2 aromatic heterocycles. The third-order valence-electron chi connectivity index (χ3n) is 2.79. The zero-order valence-corrected chi connectivity index (χ0v) is 10.3.